The van der Waals surface area contributed by atoms with Crippen molar-refractivity contribution < 1.29 is 17.6 Å². The van der Waals surface area contributed by atoms with Crippen molar-refractivity contribution in [2.75, 3.05) is 0 Å². The lowest BCUT2D eigenvalue weighted by Crippen LogP contribution is -1.81. The van der Waals surface area contributed by atoms with E-state index in [9.17, 15) is 8.78 Å². The molecule has 0 N–H and O–H groups in total. The quantitative estimate of drug-likeness (QED) is 0.280. The van der Waals surface area contributed by atoms with Crippen LogP contribution in [0.15, 0.2) is 69.5 Å². The Morgan fingerprint density at radius 3 is 1.38 bits per heavy atom. The van der Waals surface area contributed by atoms with Crippen molar-refractivity contribution in [1.82, 2.24) is 0 Å². The molecule has 2 aromatic heterocycles. The molecule has 6 rings (SSSR count). The molecule has 124 valence electrons. The van der Waals surface area contributed by atoms with Crippen LogP contribution in [0.4, 0.5) is 8.78 Å². The Balaban J connectivity index is 1.79. The van der Waals surface area contributed by atoms with Gasteiger partial charge in [0.05, 0.1) is 0 Å². The topological polar surface area (TPSA) is 26.3 Å². The molecule has 26 heavy (non-hydrogen) atoms. The van der Waals surface area contributed by atoms with Gasteiger partial charge in [-0.25, -0.2) is 0 Å². The Bertz CT molecular complexity index is 1390. The average molecular weight is 344 g/mol. The van der Waals surface area contributed by atoms with E-state index in [0.717, 1.165) is 43.1 Å². The third-order valence-corrected chi connectivity index (χ3v) is 5.05. The third kappa shape index (κ3) is 1.78. The van der Waals surface area contributed by atoms with Crippen molar-refractivity contribution in [2.45, 2.75) is 0 Å². The van der Waals surface area contributed by atoms with Gasteiger partial charge in [0.2, 0.25) is 0 Å². The smallest absolute Gasteiger partial charge is 0.278 e. The molecule has 0 amide bonds. The van der Waals surface area contributed by atoms with Gasteiger partial charge in [-0.2, -0.15) is 8.78 Å². The summed E-state index contributed by atoms with van der Waals surface area (Å²) in [5.74, 6) is 0. The number of furan rings is 2. The predicted octanol–water partition coefficient (Wildman–Crippen LogP) is 6.92. The highest BCUT2D eigenvalue weighted by Crippen LogP contribution is 2.36. The predicted molar refractivity (Wildman–Crippen MR) is 98.4 cm³/mol. The van der Waals surface area contributed by atoms with E-state index < -0.39 is 12.0 Å². The van der Waals surface area contributed by atoms with Crippen molar-refractivity contribution in [3.05, 3.63) is 72.7 Å². The first-order valence-electron chi connectivity index (χ1n) is 8.23. The summed E-state index contributed by atoms with van der Waals surface area (Å²) < 4.78 is 37.1. The molecular formula is C22H10F2O2. The van der Waals surface area contributed by atoms with Crippen LogP contribution in [-0.4, -0.2) is 0 Å². The van der Waals surface area contributed by atoms with Crippen molar-refractivity contribution in [3.8, 4) is 0 Å². The van der Waals surface area contributed by atoms with Crippen LogP contribution < -0.4 is 0 Å². The molecule has 0 unspecified atom stereocenters. The summed E-state index contributed by atoms with van der Waals surface area (Å²) >= 11 is 0. The van der Waals surface area contributed by atoms with Crippen LogP contribution in [0.1, 0.15) is 0 Å². The highest BCUT2D eigenvalue weighted by Gasteiger charge is 2.11. The van der Waals surface area contributed by atoms with Crippen molar-refractivity contribution >= 4 is 54.3 Å². The van der Waals surface area contributed by atoms with Crippen LogP contribution >= 0.6 is 0 Å². The van der Waals surface area contributed by atoms with E-state index in [0.29, 0.717) is 11.2 Å². The standard InChI is InChI=1S/C22H10F2O2/c23-21-9-13-5-17-11(7-19(13)25-21)1-3-15-16(17)4-2-12-8-20-14(6-18(12)15)10-22(24)26-20/h1-10H. The maximum atomic E-state index is 13.4. The molecule has 0 saturated heterocycles. The van der Waals surface area contributed by atoms with Crippen LogP contribution in [-0.2, 0) is 0 Å². The largest absolute Gasteiger partial charge is 0.431 e. The monoisotopic (exact) mass is 344 g/mol. The molecule has 0 radical (unpaired) electrons. The number of hydrogen-bond acceptors (Lipinski definition) is 2. The van der Waals surface area contributed by atoms with E-state index in [2.05, 4.69) is 0 Å². The van der Waals surface area contributed by atoms with Crippen LogP contribution in [0.5, 0.6) is 0 Å². The van der Waals surface area contributed by atoms with Gasteiger partial charge in [0.1, 0.15) is 11.2 Å². The second kappa shape index (κ2) is 4.61. The molecule has 0 fully saturated rings. The Labute approximate surface area is 145 Å². The molecule has 0 spiro atoms. The molecule has 4 aromatic carbocycles. The van der Waals surface area contributed by atoms with Crippen LogP contribution in [0.25, 0.3) is 54.3 Å². The van der Waals surface area contributed by atoms with Gasteiger partial charge in [0, 0.05) is 22.9 Å². The minimum absolute atomic E-state index is 0.533. The second-order valence-electron chi connectivity index (χ2n) is 6.55. The lowest BCUT2D eigenvalue weighted by Gasteiger charge is -2.08. The van der Waals surface area contributed by atoms with E-state index in [1.54, 1.807) is 0 Å². The summed E-state index contributed by atoms with van der Waals surface area (Å²) in [6, 6.07) is 17.3. The maximum absolute atomic E-state index is 13.4. The molecule has 0 aliphatic carbocycles. The first-order chi connectivity index (χ1) is 12.7. The second-order valence-corrected chi connectivity index (χ2v) is 6.55. The van der Waals surface area contributed by atoms with Crippen LogP contribution in [0, 0.1) is 12.0 Å². The summed E-state index contributed by atoms with van der Waals surface area (Å²) in [6.45, 7) is 0. The first kappa shape index (κ1) is 13.8. The fourth-order valence-corrected chi connectivity index (χ4v) is 3.88. The van der Waals surface area contributed by atoms with E-state index in [-0.39, 0.29) is 0 Å². The van der Waals surface area contributed by atoms with Gasteiger partial charge in [-0.1, -0.05) is 24.3 Å². The van der Waals surface area contributed by atoms with E-state index >= 15 is 0 Å². The number of benzene rings is 4. The van der Waals surface area contributed by atoms with Gasteiger partial charge < -0.3 is 8.83 Å². The van der Waals surface area contributed by atoms with Gasteiger partial charge in [-0.15, -0.1) is 0 Å². The van der Waals surface area contributed by atoms with E-state index in [1.165, 1.54) is 12.1 Å². The van der Waals surface area contributed by atoms with Crippen molar-refractivity contribution in [3.63, 3.8) is 0 Å². The SMILES string of the molecule is Fc1cc2cc3c(ccc4c5cc6cc(F)oc6cc5ccc34)cc2o1. The fraction of sp³-hybridized carbons (Fsp3) is 0. The summed E-state index contributed by atoms with van der Waals surface area (Å²) in [5.41, 5.74) is 1.07. The van der Waals surface area contributed by atoms with Gasteiger partial charge >= 0.3 is 0 Å². The van der Waals surface area contributed by atoms with Crippen LogP contribution in [0.3, 0.4) is 0 Å². The molecule has 0 saturated carbocycles. The summed E-state index contributed by atoms with van der Waals surface area (Å²) in [7, 11) is 0. The number of halogens is 2. The van der Waals surface area contributed by atoms with Crippen molar-refractivity contribution in [1.29, 1.82) is 0 Å². The Hall–Kier alpha value is -3.40. The third-order valence-electron chi connectivity index (χ3n) is 5.05. The molecule has 0 aliphatic rings. The molecule has 2 nitrogen and oxygen atoms in total. The maximum Gasteiger partial charge on any atom is 0.278 e. The van der Waals surface area contributed by atoms with Gasteiger partial charge in [0.15, 0.2) is 0 Å². The van der Waals surface area contributed by atoms with E-state index in [1.807, 2.05) is 48.5 Å². The zero-order chi connectivity index (χ0) is 17.4. The highest BCUT2D eigenvalue weighted by atomic mass is 19.1. The summed E-state index contributed by atoms with van der Waals surface area (Å²) in [4.78, 5) is 0. The number of hydrogen-bond donors (Lipinski definition) is 0. The fourth-order valence-electron chi connectivity index (χ4n) is 3.88. The number of fused-ring (bicyclic) bond motifs is 7. The van der Waals surface area contributed by atoms with Gasteiger partial charge in [0.25, 0.3) is 12.0 Å². The molecule has 4 heteroatoms. The summed E-state index contributed by atoms with van der Waals surface area (Å²) in [5, 5.41) is 7.59. The molecular weight excluding hydrogens is 334 g/mol. The lowest BCUT2D eigenvalue weighted by molar-refractivity contribution is 0.380. The highest BCUT2D eigenvalue weighted by molar-refractivity contribution is 6.20. The Morgan fingerprint density at radius 1 is 0.462 bits per heavy atom. The lowest BCUT2D eigenvalue weighted by atomic mass is 9.96. The van der Waals surface area contributed by atoms with Gasteiger partial charge in [-0.3, -0.25) is 0 Å². The summed E-state index contributed by atoms with van der Waals surface area (Å²) in [6.07, 6.45) is 0. The first-order valence-corrected chi connectivity index (χ1v) is 8.23. The molecule has 0 bridgehead atoms. The minimum Gasteiger partial charge on any atom is -0.431 e. The molecule has 0 atom stereocenters. The Kier molecular flexibility index (Phi) is 2.45. The molecule has 6 aromatic rings. The Morgan fingerprint density at radius 2 is 0.923 bits per heavy atom. The zero-order valence-corrected chi connectivity index (χ0v) is 13.3. The average Bonchev–Trinajstić information content (AvgIpc) is 3.16. The molecule has 2 heterocycles. The minimum atomic E-state index is -0.588. The molecule has 0 aliphatic heterocycles. The van der Waals surface area contributed by atoms with E-state index in [4.69, 9.17) is 8.83 Å². The normalized spacial score (nSPS) is 12.2. The van der Waals surface area contributed by atoms with Crippen molar-refractivity contribution in [2.24, 2.45) is 0 Å². The zero-order valence-electron chi connectivity index (χ0n) is 13.3. The van der Waals surface area contributed by atoms with Crippen LogP contribution in [0.2, 0.25) is 0 Å². The van der Waals surface area contributed by atoms with Gasteiger partial charge in [-0.05, 0) is 56.6 Å². The number of rotatable bonds is 0.